The fourth-order valence-corrected chi connectivity index (χ4v) is 1.24. The van der Waals surface area contributed by atoms with E-state index in [-0.39, 0.29) is 0 Å². The summed E-state index contributed by atoms with van der Waals surface area (Å²) in [5.74, 6) is 0. The van der Waals surface area contributed by atoms with E-state index in [1.165, 1.54) is 10.5 Å². The van der Waals surface area contributed by atoms with E-state index in [1.54, 1.807) is 12.4 Å². The average molecular weight is 173 g/mol. The van der Waals surface area contributed by atoms with Crippen molar-refractivity contribution in [2.24, 2.45) is 7.05 Å². The number of aromatic amines is 1. The second kappa shape index (κ2) is 3.35. The Hall–Kier alpha value is -1.70. The predicted molar refractivity (Wildman–Crippen MR) is 49.6 cm³/mol. The van der Waals surface area contributed by atoms with Crippen molar-refractivity contribution < 1.29 is 11.0 Å². The van der Waals surface area contributed by atoms with Gasteiger partial charge in [-0.2, -0.15) is 0 Å². The van der Waals surface area contributed by atoms with Gasteiger partial charge in [-0.05, 0) is 11.1 Å². The maximum absolute atomic E-state index is 7.30. The van der Waals surface area contributed by atoms with Crippen LogP contribution in [0.4, 0.5) is 0 Å². The van der Waals surface area contributed by atoms with Crippen LogP contribution in [0, 0.1) is 0 Å². The lowest BCUT2D eigenvalue weighted by atomic mass is 10.1. The number of pyridine rings is 2. The monoisotopic (exact) mass is 173 g/mol. The van der Waals surface area contributed by atoms with E-state index in [9.17, 15) is 0 Å². The van der Waals surface area contributed by atoms with Crippen LogP contribution in [0.5, 0.6) is 0 Å². The molecule has 0 amide bonds. The Bertz CT molecular complexity index is 377. The average Bonchev–Trinajstić information content (AvgIpc) is 2.21. The summed E-state index contributed by atoms with van der Waals surface area (Å²) in [5.41, 5.74) is 2.30. The molecule has 0 aliphatic carbocycles. The molecule has 2 heterocycles. The third kappa shape index (κ3) is 1.72. The van der Waals surface area contributed by atoms with Gasteiger partial charge in [0.2, 0.25) is 0 Å². The van der Waals surface area contributed by atoms with Gasteiger partial charge in [-0.25, -0.2) is 9.54 Å². The highest BCUT2D eigenvalue weighted by Gasteiger charge is 1.99. The van der Waals surface area contributed by atoms with E-state index >= 15 is 0 Å². The number of H-pyrrole nitrogens is 1. The molecule has 0 aromatic carbocycles. The maximum atomic E-state index is 7.30. The van der Waals surface area contributed by atoms with Crippen LogP contribution in [-0.4, -0.2) is 0 Å². The molecular formula is C11H12N2+2. The van der Waals surface area contributed by atoms with Crippen LogP contribution in [0.15, 0.2) is 49.1 Å². The molecule has 0 saturated carbocycles. The summed E-state index contributed by atoms with van der Waals surface area (Å²) in [6, 6.07) is 7.98. The third-order valence-electron chi connectivity index (χ3n) is 1.99. The Morgan fingerprint density at radius 2 is 1.62 bits per heavy atom. The molecule has 0 atom stereocenters. The Labute approximate surface area is 79.0 Å². The third-order valence-corrected chi connectivity index (χ3v) is 1.99. The molecule has 2 aromatic rings. The van der Waals surface area contributed by atoms with Gasteiger partial charge in [0.05, 0.1) is 0 Å². The van der Waals surface area contributed by atoms with Crippen molar-refractivity contribution in [2.75, 3.05) is 0 Å². The van der Waals surface area contributed by atoms with Gasteiger partial charge in [0.1, 0.15) is 7.05 Å². The highest BCUT2D eigenvalue weighted by atomic mass is 14.9. The normalized spacial score (nSPS) is 11.0. The molecule has 0 radical (unpaired) electrons. The summed E-state index contributed by atoms with van der Waals surface area (Å²) in [5, 5.41) is 0. The van der Waals surface area contributed by atoms with E-state index in [1.807, 2.05) is 36.1 Å². The van der Waals surface area contributed by atoms with Crippen molar-refractivity contribution in [1.82, 2.24) is 0 Å². The minimum Gasteiger partial charge on any atom is -0.218 e. The molecule has 0 fully saturated rings. The molecule has 0 bridgehead atoms. The van der Waals surface area contributed by atoms with E-state index in [0.717, 1.165) is 5.56 Å². The second-order valence-electron chi connectivity index (χ2n) is 2.99. The zero-order chi connectivity index (χ0) is 9.97. The van der Waals surface area contributed by atoms with E-state index < -0.39 is 0 Å². The van der Waals surface area contributed by atoms with Crippen molar-refractivity contribution in [3.63, 3.8) is 0 Å². The highest BCUT2D eigenvalue weighted by molar-refractivity contribution is 5.60. The van der Waals surface area contributed by atoms with Crippen LogP contribution < -0.4 is 9.54 Å². The lowest BCUT2D eigenvalue weighted by molar-refractivity contribution is -0.671. The van der Waals surface area contributed by atoms with E-state index in [2.05, 4.69) is 12.1 Å². The molecule has 0 saturated heterocycles. The lowest BCUT2D eigenvalue weighted by Gasteiger charge is -1.95. The topological polar surface area (TPSA) is 18.0 Å². The number of hydrogen-bond acceptors (Lipinski definition) is 0. The summed E-state index contributed by atoms with van der Waals surface area (Å²) in [4.78, 5) is 1.28. The fraction of sp³-hybridized carbons (Fsp3) is 0.0909. The number of aryl methyl sites for hydroxylation is 1. The summed E-state index contributed by atoms with van der Waals surface area (Å²) >= 11 is 0. The van der Waals surface area contributed by atoms with Crippen LogP contribution >= 0.6 is 0 Å². The minimum atomic E-state index is 1.13. The molecule has 2 nitrogen and oxygen atoms in total. The first kappa shape index (κ1) is 6.78. The molecule has 64 valence electrons. The molecule has 0 aliphatic heterocycles. The van der Waals surface area contributed by atoms with E-state index in [0.29, 0.717) is 0 Å². The maximum Gasteiger partial charge on any atom is 0.453 e. The van der Waals surface area contributed by atoms with Crippen molar-refractivity contribution in [3.05, 3.63) is 49.1 Å². The fourth-order valence-electron chi connectivity index (χ4n) is 1.24. The summed E-state index contributed by atoms with van der Waals surface area (Å²) in [6.07, 6.45) is 7.47. The second-order valence-corrected chi connectivity index (χ2v) is 2.99. The van der Waals surface area contributed by atoms with Gasteiger partial charge >= 0.3 is 1.41 Å². The standard InChI is InChI=1S/C11H11N2/c1-13-8-4-11(5-9-13)10-2-6-12-7-3-10/h2-9H,1H3/q+1/p+1/i/hD. The van der Waals surface area contributed by atoms with Gasteiger partial charge in [-0.3, -0.25) is 0 Å². The largest absolute Gasteiger partial charge is 0.453 e. The Kier molecular flexibility index (Phi) is 1.75. The zero-order valence-electron chi connectivity index (χ0n) is 8.51. The summed E-state index contributed by atoms with van der Waals surface area (Å²) in [7, 11) is 1.99. The van der Waals surface area contributed by atoms with Crippen molar-refractivity contribution in [2.45, 2.75) is 0 Å². The SMILES string of the molecule is [2H][n+]1ccc(-c2cc[n+](C)cc2)cc1. The molecule has 2 aromatic heterocycles. The van der Waals surface area contributed by atoms with Crippen LogP contribution in [0.1, 0.15) is 0 Å². The van der Waals surface area contributed by atoms with Crippen molar-refractivity contribution in [3.8, 4) is 11.1 Å². The number of aromatic nitrogens is 2. The van der Waals surface area contributed by atoms with Gasteiger partial charge in [-0.15, -0.1) is 0 Å². The van der Waals surface area contributed by atoms with Gasteiger partial charge in [0.15, 0.2) is 24.8 Å². The summed E-state index contributed by atoms with van der Waals surface area (Å²) in [6.45, 7) is 0. The molecule has 13 heavy (non-hydrogen) atoms. The molecule has 0 unspecified atom stereocenters. The molecule has 2 rings (SSSR count). The van der Waals surface area contributed by atoms with Gasteiger partial charge in [-0.1, -0.05) is 0 Å². The Morgan fingerprint density at radius 3 is 2.23 bits per heavy atom. The smallest absolute Gasteiger partial charge is 0.218 e. The number of nitrogens with zero attached hydrogens (tertiary/aromatic N) is 1. The number of hydrogen-bond donors (Lipinski definition) is 0. The van der Waals surface area contributed by atoms with Crippen LogP contribution in [-0.2, 0) is 7.05 Å². The predicted octanol–water partition coefficient (Wildman–Crippen LogP) is 0.992. The van der Waals surface area contributed by atoms with Gasteiger partial charge < -0.3 is 0 Å². The first-order valence-electron chi connectivity index (χ1n) is 4.67. The van der Waals surface area contributed by atoms with Gasteiger partial charge in [0.25, 0.3) is 0 Å². The zero-order valence-corrected chi connectivity index (χ0v) is 7.51. The van der Waals surface area contributed by atoms with Crippen molar-refractivity contribution in [1.29, 1.82) is 0 Å². The molecule has 1 N–H and O–H groups in total. The Balaban J connectivity index is 2.40. The van der Waals surface area contributed by atoms with Crippen LogP contribution in [0.3, 0.4) is 0 Å². The minimum absolute atomic E-state index is 1.13. The summed E-state index contributed by atoms with van der Waals surface area (Å²) < 4.78 is 9.30. The van der Waals surface area contributed by atoms with Gasteiger partial charge in [0, 0.05) is 24.3 Å². The molecular weight excluding hydrogens is 160 g/mol. The quantitative estimate of drug-likeness (QED) is 0.573. The molecule has 0 spiro atoms. The van der Waals surface area contributed by atoms with Crippen LogP contribution in [0.2, 0.25) is 1.41 Å². The molecule has 2 heteroatoms. The first-order chi connectivity index (χ1) is 6.75. The number of rotatable bonds is 1. The van der Waals surface area contributed by atoms with Crippen molar-refractivity contribution >= 4 is 0 Å². The Morgan fingerprint density at radius 1 is 1.08 bits per heavy atom. The van der Waals surface area contributed by atoms with E-state index in [4.69, 9.17) is 1.41 Å². The molecule has 0 aliphatic rings. The van der Waals surface area contributed by atoms with Crippen LogP contribution in [0.25, 0.3) is 11.1 Å². The number of nitrogens with one attached hydrogen (secondary N) is 1. The first-order valence-corrected chi connectivity index (χ1v) is 4.22. The highest BCUT2D eigenvalue weighted by Crippen LogP contribution is 2.14. The lowest BCUT2D eigenvalue weighted by Crippen LogP contribution is -2.25.